The molecule has 0 aromatic heterocycles. The first kappa shape index (κ1) is 34.4. The van der Waals surface area contributed by atoms with E-state index in [1.165, 1.54) is 173 Å². The number of nitrogens with zero attached hydrogens (tertiary/aromatic N) is 4. The topological polar surface area (TPSA) is 49.4 Å². The molecule has 0 aromatic carbocycles. The van der Waals surface area contributed by atoms with Crippen molar-refractivity contribution in [3.8, 4) is 0 Å². The SMILES string of the molecule is CC1=C(C2CCCCC2)C2=NC1=CC1=NC(=CC3=NC(=CC4=NC(=C2)C(C)=C4C2CCCCC2)C(C)=C3C2CCCCC2)C(C)=C1C1CCCCC1. The fourth-order valence-electron chi connectivity index (χ4n) is 11.6. The first-order chi connectivity index (χ1) is 25.4. The molecule has 8 bridgehead atoms. The molecule has 4 heteroatoms. The standard InChI is InChI=1S/C48H60N4/c1-29-37-25-42-46(34-19-11-6-12-20-34)31(3)39(50-42)27-44-48(36-23-15-8-16-24-36)32(4)40(52-44)28-43-47(35-21-13-7-14-22-35)30(2)38(51-43)26-41(49-37)45(29)33-17-9-5-10-18-33/h25-28,33-36H,5-24H2,1-4H3. The van der Waals surface area contributed by atoms with Crippen molar-refractivity contribution >= 4 is 22.8 Å². The van der Waals surface area contributed by atoms with E-state index in [1.807, 2.05) is 0 Å². The second-order valence-corrected chi connectivity index (χ2v) is 17.6. The van der Waals surface area contributed by atoms with Gasteiger partial charge in [-0.15, -0.1) is 0 Å². The van der Waals surface area contributed by atoms with Crippen LogP contribution in [0.15, 0.2) is 112 Å². The predicted octanol–water partition coefficient (Wildman–Crippen LogP) is 12.9. The van der Waals surface area contributed by atoms with E-state index < -0.39 is 0 Å². The van der Waals surface area contributed by atoms with Gasteiger partial charge in [-0.05, 0) is 172 Å². The van der Waals surface area contributed by atoms with Gasteiger partial charge >= 0.3 is 0 Å². The minimum absolute atomic E-state index is 0.569. The van der Waals surface area contributed by atoms with Crippen molar-refractivity contribution in [1.29, 1.82) is 0 Å². The molecule has 4 fully saturated rings. The normalized spacial score (nSPS) is 27.2. The molecule has 0 spiro atoms. The molecule has 0 atom stereocenters. The van der Waals surface area contributed by atoms with Crippen molar-refractivity contribution < 1.29 is 0 Å². The highest BCUT2D eigenvalue weighted by Crippen LogP contribution is 2.45. The predicted molar refractivity (Wildman–Crippen MR) is 219 cm³/mol. The summed E-state index contributed by atoms with van der Waals surface area (Å²) < 4.78 is 0. The van der Waals surface area contributed by atoms with Gasteiger partial charge in [-0.25, -0.2) is 20.0 Å². The lowest BCUT2D eigenvalue weighted by Gasteiger charge is -2.25. The van der Waals surface area contributed by atoms with Gasteiger partial charge in [0.1, 0.15) is 0 Å². The van der Waals surface area contributed by atoms with Crippen molar-refractivity contribution in [1.82, 2.24) is 0 Å². The van der Waals surface area contributed by atoms with Crippen molar-refractivity contribution in [2.24, 2.45) is 43.6 Å². The van der Waals surface area contributed by atoms with Gasteiger partial charge < -0.3 is 0 Å². The average Bonchev–Trinajstić information content (AvgIpc) is 3.86. The molecule has 4 nitrogen and oxygen atoms in total. The number of rotatable bonds is 4. The zero-order valence-electron chi connectivity index (χ0n) is 32.5. The van der Waals surface area contributed by atoms with E-state index in [0.29, 0.717) is 23.7 Å². The summed E-state index contributed by atoms with van der Waals surface area (Å²) in [5, 5.41) is 0. The molecule has 52 heavy (non-hydrogen) atoms. The van der Waals surface area contributed by atoms with Crippen LogP contribution in [0.25, 0.3) is 0 Å². The number of hydrogen-bond acceptors (Lipinski definition) is 4. The fourth-order valence-corrected chi connectivity index (χ4v) is 11.6. The molecule has 0 N–H and O–H groups in total. The third kappa shape index (κ3) is 6.24. The third-order valence-electron chi connectivity index (χ3n) is 14.4. The molecule has 4 aliphatic carbocycles. The van der Waals surface area contributed by atoms with Gasteiger partial charge in [-0.1, -0.05) is 77.0 Å². The Bertz CT molecular complexity index is 1630. The van der Waals surface area contributed by atoms with E-state index in [-0.39, 0.29) is 0 Å². The summed E-state index contributed by atoms with van der Waals surface area (Å²) in [6, 6.07) is 0. The van der Waals surface area contributed by atoms with E-state index in [4.69, 9.17) is 20.0 Å². The summed E-state index contributed by atoms with van der Waals surface area (Å²) in [6.45, 7) is 9.40. The van der Waals surface area contributed by atoms with Crippen LogP contribution in [0.5, 0.6) is 0 Å². The third-order valence-corrected chi connectivity index (χ3v) is 14.4. The van der Waals surface area contributed by atoms with Gasteiger partial charge in [0.25, 0.3) is 0 Å². The average molecular weight is 693 g/mol. The molecule has 9 rings (SSSR count). The van der Waals surface area contributed by atoms with E-state index >= 15 is 0 Å². The van der Waals surface area contributed by atoms with Gasteiger partial charge in [0.05, 0.1) is 45.6 Å². The molecule has 9 aliphatic rings. The van der Waals surface area contributed by atoms with Crippen molar-refractivity contribution in [2.45, 2.75) is 156 Å². The Hall–Kier alpha value is -3.40. The molecule has 0 aromatic rings. The molecular weight excluding hydrogens is 633 g/mol. The minimum Gasteiger partial charge on any atom is -0.248 e. The fraction of sp³-hybridized carbons (Fsp3) is 0.583. The van der Waals surface area contributed by atoms with Crippen LogP contribution in [0.1, 0.15) is 156 Å². The Morgan fingerprint density at radius 3 is 0.692 bits per heavy atom. The Morgan fingerprint density at radius 2 is 0.500 bits per heavy atom. The van der Waals surface area contributed by atoms with Crippen LogP contribution in [0.4, 0.5) is 0 Å². The first-order valence-corrected chi connectivity index (χ1v) is 21.5. The summed E-state index contributed by atoms with van der Waals surface area (Å²) in [5.74, 6) is 2.28. The summed E-state index contributed by atoms with van der Waals surface area (Å²) >= 11 is 0. The quantitative estimate of drug-likeness (QED) is 0.282. The zero-order valence-corrected chi connectivity index (χ0v) is 32.5. The van der Waals surface area contributed by atoms with Gasteiger partial charge in [0.2, 0.25) is 0 Å². The molecule has 5 aliphatic heterocycles. The van der Waals surface area contributed by atoms with Crippen LogP contribution >= 0.6 is 0 Å². The summed E-state index contributed by atoms with van der Waals surface area (Å²) in [4.78, 5) is 22.2. The van der Waals surface area contributed by atoms with E-state index in [0.717, 1.165) is 45.6 Å². The lowest BCUT2D eigenvalue weighted by Crippen LogP contribution is -2.15. The van der Waals surface area contributed by atoms with Crippen molar-refractivity contribution in [2.75, 3.05) is 0 Å². The number of hydrogen-bond donors (Lipinski definition) is 0. The lowest BCUT2D eigenvalue weighted by molar-refractivity contribution is 0.410. The summed E-state index contributed by atoms with van der Waals surface area (Å²) in [6.07, 6.45) is 35.6. The van der Waals surface area contributed by atoms with Crippen LogP contribution in [0, 0.1) is 23.7 Å². The molecule has 272 valence electrons. The Balaban J connectivity index is 1.26. The van der Waals surface area contributed by atoms with Crippen LogP contribution < -0.4 is 0 Å². The second kappa shape index (κ2) is 14.4. The highest BCUT2D eigenvalue weighted by Gasteiger charge is 2.36. The molecule has 0 amide bonds. The van der Waals surface area contributed by atoms with Crippen LogP contribution in [0.2, 0.25) is 0 Å². The summed E-state index contributed by atoms with van der Waals surface area (Å²) in [5.41, 5.74) is 20.5. The molecule has 4 saturated carbocycles. The minimum atomic E-state index is 0.569. The molecule has 0 unspecified atom stereocenters. The molecule has 0 saturated heterocycles. The van der Waals surface area contributed by atoms with Crippen molar-refractivity contribution in [3.05, 3.63) is 91.7 Å². The van der Waals surface area contributed by atoms with Gasteiger partial charge in [0, 0.05) is 0 Å². The Morgan fingerprint density at radius 1 is 0.308 bits per heavy atom. The lowest BCUT2D eigenvalue weighted by atomic mass is 9.78. The van der Waals surface area contributed by atoms with Crippen LogP contribution in [-0.4, -0.2) is 22.8 Å². The van der Waals surface area contributed by atoms with Gasteiger partial charge in [-0.3, -0.25) is 0 Å². The highest BCUT2D eigenvalue weighted by atomic mass is 14.9. The Kier molecular flexibility index (Phi) is 9.55. The first-order valence-electron chi connectivity index (χ1n) is 21.5. The maximum atomic E-state index is 5.56. The number of fused-ring (bicyclic) bond motifs is 4. The van der Waals surface area contributed by atoms with Gasteiger partial charge in [0.15, 0.2) is 0 Å². The zero-order chi connectivity index (χ0) is 35.3. The maximum absolute atomic E-state index is 5.56. The number of aliphatic imine (C=N–C) groups is 4. The summed E-state index contributed by atoms with van der Waals surface area (Å²) in [7, 11) is 0. The van der Waals surface area contributed by atoms with E-state index in [9.17, 15) is 0 Å². The van der Waals surface area contributed by atoms with Crippen LogP contribution in [0.3, 0.4) is 0 Å². The Labute approximate surface area is 313 Å². The monoisotopic (exact) mass is 692 g/mol. The molecular formula is C48H60N4. The second-order valence-electron chi connectivity index (χ2n) is 17.6. The van der Waals surface area contributed by atoms with E-state index in [1.54, 1.807) is 0 Å². The number of allylic oxidation sites excluding steroid dienone is 12. The maximum Gasteiger partial charge on any atom is 0.0696 e. The highest BCUT2D eigenvalue weighted by molar-refractivity contribution is 6.20. The van der Waals surface area contributed by atoms with E-state index in [2.05, 4.69) is 52.0 Å². The smallest absolute Gasteiger partial charge is 0.0696 e. The van der Waals surface area contributed by atoms with Crippen molar-refractivity contribution in [3.63, 3.8) is 0 Å². The largest absolute Gasteiger partial charge is 0.248 e. The van der Waals surface area contributed by atoms with Gasteiger partial charge in [-0.2, -0.15) is 0 Å². The van der Waals surface area contributed by atoms with Crippen LogP contribution in [-0.2, 0) is 0 Å². The molecule has 5 heterocycles. The molecule has 0 radical (unpaired) electrons.